The Labute approximate surface area is 165 Å². The lowest BCUT2D eigenvalue weighted by Crippen LogP contribution is -2.25. The molecule has 5 nitrogen and oxygen atoms in total. The number of benzene rings is 2. The van der Waals surface area contributed by atoms with E-state index in [9.17, 15) is 9.59 Å². The van der Waals surface area contributed by atoms with Crippen LogP contribution in [0.5, 0.6) is 5.75 Å². The van der Waals surface area contributed by atoms with E-state index in [1.54, 1.807) is 60.0 Å². The molecule has 1 heterocycles. The van der Waals surface area contributed by atoms with Gasteiger partial charge in [-0.25, -0.2) is 4.79 Å². The van der Waals surface area contributed by atoms with E-state index in [1.807, 2.05) is 6.07 Å². The van der Waals surface area contributed by atoms with Gasteiger partial charge in [0.1, 0.15) is 10.6 Å². The van der Waals surface area contributed by atoms with Crippen LogP contribution in [0.4, 0.5) is 5.69 Å². The van der Waals surface area contributed by atoms with Crippen molar-refractivity contribution in [3.63, 3.8) is 0 Å². The molecular weight excluding hydrogens is 386 g/mol. The van der Waals surface area contributed by atoms with Gasteiger partial charge in [-0.3, -0.25) is 4.79 Å². The van der Waals surface area contributed by atoms with Crippen LogP contribution < -0.4 is 10.1 Å². The third kappa shape index (κ3) is 4.67. The van der Waals surface area contributed by atoms with Gasteiger partial charge in [-0.15, -0.1) is 11.3 Å². The molecular formula is C20H16ClNO4S. The number of amides is 1. The molecule has 3 aromatic rings. The maximum absolute atomic E-state index is 12.8. The standard InChI is InChI=1S/C20H16ClNO4S/c1-25-16-10-9-14(12-15(16)21)22-19(23)18(13-6-3-2-4-7-13)26-20(24)17-8-5-11-27-17/h2-12,18H,1H3,(H,22,23)/t18-/m1/s1. The van der Waals surface area contributed by atoms with Crippen LogP contribution >= 0.6 is 22.9 Å². The van der Waals surface area contributed by atoms with E-state index >= 15 is 0 Å². The fourth-order valence-electron chi connectivity index (χ4n) is 2.41. The first-order chi connectivity index (χ1) is 13.1. The lowest BCUT2D eigenvalue weighted by Gasteiger charge is -2.18. The van der Waals surface area contributed by atoms with Gasteiger partial charge < -0.3 is 14.8 Å². The summed E-state index contributed by atoms with van der Waals surface area (Å²) < 4.78 is 10.6. The summed E-state index contributed by atoms with van der Waals surface area (Å²) in [5.41, 5.74) is 1.04. The van der Waals surface area contributed by atoms with E-state index in [0.29, 0.717) is 26.9 Å². The molecule has 1 atom stereocenters. The number of halogens is 1. The van der Waals surface area contributed by atoms with Gasteiger partial charge in [0.25, 0.3) is 5.91 Å². The van der Waals surface area contributed by atoms with E-state index in [-0.39, 0.29) is 0 Å². The smallest absolute Gasteiger partial charge is 0.349 e. The number of esters is 1. The van der Waals surface area contributed by atoms with Crippen molar-refractivity contribution in [2.24, 2.45) is 0 Å². The highest BCUT2D eigenvalue weighted by Crippen LogP contribution is 2.28. The summed E-state index contributed by atoms with van der Waals surface area (Å²) in [6.45, 7) is 0. The lowest BCUT2D eigenvalue weighted by molar-refractivity contribution is -0.125. The van der Waals surface area contributed by atoms with Crippen LogP contribution in [0, 0.1) is 0 Å². The molecule has 138 valence electrons. The first kappa shape index (κ1) is 18.9. The van der Waals surface area contributed by atoms with Gasteiger partial charge in [-0.1, -0.05) is 48.0 Å². The molecule has 0 saturated carbocycles. The Kier molecular flexibility index (Phi) is 6.11. The van der Waals surface area contributed by atoms with Crippen molar-refractivity contribution < 1.29 is 19.1 Å². The summed E-state index contributed by atoms with van der Waals surface area (Å²) in [6, 6.07) is 17.1. The van der Waals surface area contributed by atoms with Crippen LogP contribution in [-0.2, 0) is 9.53 Å². The highest BCUT2D eigenvalue weighted by Gasteiger charge is 2.26. The van der Waals surface area contributed by atoms with Crippen molar-refractivity contribution in [1.82, 2.24) is 0 Å². The zero-order valence-corrected chi connectivity index (χ0v) is 15.9. The molecule has 0 aliphatic carbocycles. The number of anilines is 1. The van der Waals surface area contributed by atoms with Crippen molar-refractivity contribution in [2.45, 2.75) is 6.10 Å². The monoisotopic (exact) mass is 401 g/mol. The minimum Gasteiger partial charge on any atom is -0.495 e. The number of hydrogen-bond acceptors (Lipinski definition) is 5. The molecule has 0 saturated heterocycles. The third-order valence-corrected chi connectivity index (χ3v) is 4.85. The predicted molar refractivity (Wildman–Crippen MR) is 106 cm³/mol. The largest absolute Gasteiger partial charge is 0.495 e. The van der Waals surface area contributed by atoms with Crippen LogP contribution in [0.2, 0.25) is 5.02 Å². The number of carbonyl (C=O) groups excluding carboxylic acids is 2. The molecule has 1 N–H and O–H groups in total. The molecule has 0 aliphatic heterocycles. The summed E-state index contributed by atoms with van der Waals surface area (Å²) in [7, 11) is 1.51. The van der Waals surface area contributed by atoms with Crippen LogP contribution in [0.25, 0.3) is 0 Å². The molecule has 27 heavy (non-hydrogen) atoms. The van der Waals surface area contributed by atoms with E-state index in [0.717, 1.165) is 0 Å². The molecule has 1 amide bonds. The average molecular weight is 402 g/mol. The normalized spacial score (nSPS) is 11.5. The Balaban J connectivity index is 1.82. The molecule has 3 rings (SSSR count). The van der Waals surface area contributed by atoms with Crippen LogP contribution in [0.1, 0.15) is 21.3 Å². The van der Waals surface area contributed by atoms with Gasteiger partial charge in [0.2, 0.25) is 6.10 Å². The molecule has 7 heteroatoms. The van der Waals surface area contributed by atoms with Crippen LogP contribution in [0.15, 0.2) is 66.0 Å². The van der Waals surface area contributed by atoms with Gasteiger partial charge in [0.05, 0.1) is 12.1 Å². The number of nitrogens with one attached hydrogen (secondary N) is 1. The van der Waals surface area contributed by atoms with Crippen molar-refractivity contribution in [1.29, 1.82) is 0 Å². The van der Waals surface area contributed by atoms with Gasteiger partial charge in [0, 0.05) is 11.3 Å². The summed E-state index contributed by atoms with van der Waals surface area (Å²) in [5.74, 6) is -0.535. The Bertz CT molecular complexity index is 928. The van der Waals surface area contributed by atoms with E-state index in [4.69, 9.17) is 21.1 Å². The van der Waals surface area contributed by atoms with Gasteiger partial charge in [0.15, 0.2) is 0 Å². The van der Waals surface area contributed by atoms with E-state index < -0.39 is 18.0 Å². The molecule has 0 spiro atoms. The quantitative estimate of drug-likeness (QED) is 0.594. The summed E-state index contributed by atoms with van der Waals surface area (Å²) in [4.78, 5) is 25.6. The molecule has 0 unspecified atom stereocenters. The first-order valence-corrected chi connectivity index (χ1v) is 9.28. The maximum atomic E-state index is 12.8. The first-order valence-electron chi connectivity index (χ1n) is 8.02. The number of carbonyl (C=O) groups is 2. The van der Waals surface area contributed by atoms with Gasteiger partial charge >= 0.3 is 5.97 Å². The Morgan fingerprint density at radius 2 is 1.85 bits per heavy atom. The fraction of sp³-hybridized carbons (Fsp3) is 0.100. The molecule has 0 fully saturated rings. The van der Waals surface area contributed by atoms with Crippen molar-refractivity contribution >= 4 is 40.5 Å². The average Bonchev–Trinajstić information content (AvgIpc) is 3.21. The zero-order chi connectivity index (χ0) is 19.2. The number of rotatable bonds is 6. The SMILES string of the molecule is COc1ccc(NC(=O)[C@H](OC(=O)c2cccs2)c2ccccc2)cc1Cl. The molecule has 0 bridgehead atoms. The Morgan fingerprint density at radius 1 is 1.07 bits per heavy atom. The predicted octanol–water partition coefficient (Wildman–Crippen LogP) is 4.95. The minimum absolute atomic E-state index is 0.363. The minimum atomic E-state index is -1.10. The highest BCUT2D eigenvalue weighted by molar-refractivity contribution is 7.11. The number of hydrogen-bond donors (Lipinski definition) is 1. The second-order valence-electron chi connectivity index (χ2n) is 5.51. The lowest BCUT2D eigenvalue weighted by atomic mass is 10.1. The molecule has 1 aromatic heterocycles. The van der Waals surface area contributed by atoms with E-state index in [2.05, 4.69) is 5.32 Å². The fourth-order valence-corrected chi connectivity index (χ4v) is 3.28. The van der Waals surface area contributed by atoms with Crippen molar-refractivity contribution in [3.8, 4) is 5.75 Å². The Hall–Kier alpha value is -2.83. The Morgan fingerprint density at radius 3 is 2.48 bits per heavy atom. The summed E-state index contributed by atoms with van der Waals surface area (Å²) in [5, 5.41) is 4.87. The second-order valence-corrected chi connectivity index (χ2v) is 6.87. The molecule has 0 aliphatic rings. The summed E-state index contributed by atoms with van der Waals surface area (Å²) >= 11 is 7.35. The molecule has 2 aromatic carbocycles. The van der Waals surface area contributed by atoms with Gasteiger partial charge in [-0.2, -0.15) is 0 Å². The number of thiophene rings is 1. The van der Waals surface area contributed by atoms with Crippen molar-refractivity contribution in [2.75, 3.05) is 12.4 Å². The van der Waals surface area contributed by atoms with Crippen LogP contribution in [-0.4, -0.2) is 19.0 Å². The summed E-state index contributed by atoms with van der Waals surface area (Å²) in [6.07, 6.45) is -1.10. The topological polar surface area (TPSA) is 64.6 Å². The molecule has 0 radical (unpaired) electrons. The zero-order valence-electron chi connectivity index (χ0n) is 14.3. The van der Waals surface area contributed by atoms with Crippen LogP contribution in [0.3, 0.4) is 0 Å². The number of methoxy groups -OCH3 is 1. The van der Waals surface area contributed by atoms with E-state index in [1.165, 1.54) is 18.4 Å². The number of ether oxygens (including phenoxy) is 2. The van der Waals surface area contributed by atoms with Crippen molar-refractivity contribution in [3.05, 3.63) is 81.5 Å². The maximum Gasteiger partial charge on any atom is 0.349 e. The third-order valence-electron chi connectivity index (χ3n) is 3.71. The second kappa shape index (κ2) is 8.70. The highest BCUT2D eigenvalue weighted by atomic mass is 35.5. The van der Waals surface area contributed by atoms with Gasteiger partial charge in [-0.05, 0) is 29.6 Å².